The highest BCUT2D eigenvalue weighted by molar-refractivity contribution is 6.14. The molecule has 0 fully saturated rings. The van der Waals surface area contributed by atoms with E-state index in [2.05, 4.69) is 17.2 Å². The zero-order chi connectivity index (χ0) is 20.4. The molecule has 7 heteroatoms. The van der Waals surface area contributed by atoms with E-state index < -0.39 is 29.7 Å². The average Bonchev–Trinajstić information content (AvgIpc) is 2.71. The Labute approximate surface area is 159 Å². The first kappa shape index (κ1) is 22.4. The van der Waals surface area contributed by atoms with Crippen LogP contribution < -0.4 is 5.32 Å². The van der Waals surface area contributed by atoms with Crippen LogP contribution in [-0.4, -0.2) is 67.6 Å². The lowest BCUT2D eigenvalue weighted by Gasteiger charge is -2.35. The number of nitrogens with one attached hydrogen (secondary N) is 1. The predicted octanol–water partition coefficient (Wildman–Crippen LogP) is 0.603. The lowest BCUT2D eigenvalue weighted by Crippen LogP contribution is -2.62. The molecule has 0 heterocycles. The lowest BCUT2D eigenvalue weighted by molar-refractivity contribution is -0.143. The summed E-state index contributed by atoms with van der Waals surface area (Å²) >= 11 is 0. The first-order chi connectivity index (χ1) is 12.8. The molecule has 0 aliphatic rings. The number of ether oxygens (including phenoxy) is 1. The molecular weight excluding hydrogens is 348 g/mol. The molecule has 1 atom stereocenters. The van der Waals surface area contributed by atoms with Crippen LogP contribution in [0.25, 0.3) is 0 Å². The maximum Gasteiger partial charge on any atom is 0.254 e. The first-order valence-corrected chi connectivity index (χ1v) is 8.55. The van der Waals surface area contributed by atoms with Gasteiger partial charge in [0.25, 0.3) is 11.8 Å². The highest BCUT2D eigenvalue weighted by atomic mass is 16.5. The minimum atomic E-state index is -1.81. The fraction of sp³-hybridized carbons (Fsp3) is 0.450. The predicted molar refractivity (Wildman–Crippen MR) is 101 cm³/mol. The molecule has 0 aliphatic carbocycles. The van der Waals surface area contributed by atoms with E-state index in [0.29, 0.717) is 18.6 Å². The quantitative estimate of drug-likeness (QED) is 0.395. The number of likely N-dealkylation sites (N-methyl/N-ethyl adjacent to an activating group) is 2. The first-order valence-electron chi connectivity index (χ1n) is 8.55. The summed E-state index contributed by atoms with van der Waals surface area (Å²) in [5, 5.41) is 11.6. The number of nitrogens with zero attached hydrogens (tertiary/aromatic N) is 1. The SMILES string of the molecule is CNC(=O)[C@@](C)(C(=O)CO)N(C)C(=O)c1ccc(C#CCCCOC)cc1. The van der Waals surface area contributed by atoms with E-state index in [1.807, 2.05) is 0 Å². The average molecular weight is 374 g/mol. The van der Waals surface area contributed by atoms with Gasteiger partial charge in [-0.1, -0.05) is 11.8 Å². The molecule has 1 aromatic rings. The molecular formula is C20H26N2O5. The van der Waals surface area contributed by atoms with Gasteiger partial charge >= 0.3 is 0 Å². The Kier molecular flexibility index (Phi) is 8.66. The van der Waals surface area contributed by atoms with Gasteiger partial charge in [0.1, 0.15) is 6.61 Å². The zero-order valence-electron chi connectivity index (χ0n) is 16.2. The summed E-state index contributed by atoms with van der Waals surface area (Å²) in [7, 11) is 4.36. The van der Waals surface area contributed by atoms with E-state index in [1.165, 1.54) is 21.0 Å². The Hall–Kier alpha value is -2.69. The lowest BCUT2D eigenvalue weighted by atomic mass is 9.92. The van der Waals surface area contributed by atoms with Gasteiger partial charge in [-0.05, 0) is 37.6 Å². The van der Waals surface area contributed by atoms with Crippen molar-refractivity contribution in [3.63, 3.8) is 0 Å². The largest absolute Gasteiger partial charge is 0.388 e. The second kappa shape index (κ2) is 10.5. The molecule has 1 aromatic carbocycles. The number of amides is 2. The second-order valence-electron chi connectivity index (χ2n) is 6.07. The highest BCUT2D eigenvalue weighted by Gasteiger charge is 2.46. The van der Waals surface area contributed by atoms with Crippen LogP contribution in [0.2, 0.25) is 0 Å². The number of aliphatic hydroxyl groups is 1. The van der Waals surface area contributed by atoms with Gasteiger partial charge in [0.15, 0.2) is 11.3 Å². The Morgan fingerprint density at radius 1 is 1.26 bits per heavy atom. The molecule has 0 saturated carbocycles. The van der Waals surface area contributed by atoms with Crippen LogP contribution >= 0.6 is 0 Å². The van der Waals surface area contributed by atoms with Gasteiger partial charge in [0, 0.05) is 45.4 Å². The summed E-state index contributed by atoms with van der Waals surface area (Å²) in [4.78, 5) is 38.1. The summed E-state index contributed by atoms with van der Waals surface area (Å²) in [5.74, 6) is 4.08. The maximum absolute atomic E-state index is 12.7. The third kappa shape index (κ3) is 5.39. The molecule has 1 rings (SSSR count). The van der Waals surface area contributed by atoms with Crippen molar-refractivity contribution in [2.75, 3.05) is 34.4 Å². The van der Waals surface area contributed by atoms with E-state index in [-0.39, 0.29) is 0 Å². The van der Waals surface area contributed by atoms with E-state index in [9.17, 15) is 19.5 Å². The Morgan fingerprint density at radius 3 is 2.41 bits per heavy atom. The smallest absolute Gasteiger partial charge is 0.254 e. The Morgan fingerprint density at radius 2 is 1.89 bits per heavy atom. The van der Waals surface area contributed by atoms with Gasteiger partial charge in [0.2, 0.25) is 0 Å². The molecule has 7 nitrogen and oxygen atoms in total. The van der Waals surface area contributed by atoms with Crippen molar-refractivity contribution in [1.82, 2.24) is 10.2 Å². The number of methoxy groups -OCH3 is 1. The topological polar surface area (TPSA) is 95.9 Å². The molecule has 0 saturated heterocycles. The van der Waals surface area contributed by atoms with Crippen molar-refractivity contribution in [2.24, 2.45) is 0 Å². The number of hydrogen-bond acceptors (Lipinski definition) is 5. The zero-order valence-corrected chi connectivity index (χ0v) is 16.2. The summed E-state index contributed by atoms with van der Waals surface area (Å²) < 4.78 is 4.96. The van der Waals surface area contributed by atoms with E-state index in [1.54, 1.807) is 31.4 Å². The molecule has 27 heavy (non-hydrogen) atoms. The van der Waals surface area contributed by atoms with E-state index in [4.69, 9.17) is 4.74 Å². The van der Waals surface area contributed by atoms with Gasteiger partial charge in [-0.3, -0.25) is 14.4 Å². The third-order valence-electron chi connectivity index (χ3n) is 4.35. The monoisotopic (exact) mass is 374 g/mol. The standard InChI is InChI=1S/C20H26N2O5/c1-20(17(24)14-23,19(26)21-2)22(3)18(25)16-11-9-15(10-12-16)8-6-5-7-13-27-4/h9-12,23H,5,7,13-14H2,1-4H3,(H,21,26)/t20-/m1/s1. The summed E-state index contributed by atoms with van der Waals surface area (Å²) in [6, 6.07) is 6.59. The second-order valence-corrected chi connectivity index (χ2v) is 6.07. The van der Waals surface area contributed by atoms with Crippen molar-refractivity contribution in [3.05, 3.63) is 35.4 Å². The number of carbonyl (C=O) groups is 3. The molecule has 146 valence electrons. The fourth-order valence-corrected chi connectivity index (χ4v) is 2.43. The van der Waals surface area contributed by atoms with E-state index >= 15 is 0 Å². The van der Waals surface area contributed by atoms with Crippen LogP contribution in [0.15, 0.2) is 24.3 Å². The van der Waals surface area contributed by atoms with Crippen molar-refractivity contribution in [1.29, 1.82) is 0 Å². The van der Waals surface area contributed by atoms with Crippen molar-refractivity contribution in [3.8, 4) is 11.8 Å². The highest BCUT2D eigenvalue weighted by Crippen LogP contribution is 2.19. The van der Waals surface area contributed by atoms with Gasteiger partial charge < -0.3 is 20.1 Å². The van der Waals surface area contributed by atoms with Gasteiger partial charge in [0.05, 0.1) is 0 Å². The van der Waals surface area contributed by atoms with E-state index in [0.717, 1.165) is 16.9 Å². The minimum Gasteiger partial charge on any atom is -0.388 e. The molecule has 0 unspecified atom stereocenters. The van der Waals surface area contributed by atoms with Crippen LogP contribution in [0.5, 0.6) is 0 Å². The Balaban J connectivity index is 2.97. The van der Waals surface area contributed by atoms with Crippen LogP contribution in [-0.2, 0) is 14.3 Å². The van der Waals surface area contributed by atoms with Crippen molar-refractivity contribution in [2.45, 2.75) is 25.3 Å². The summed E-state index contributed by atoms with van der Waals surface area (Å²) in [6.07, 6.45) is 1.56. The van der Waals surface area contributed by atoms with Crippen molar-refractivity contribution >= 4 is 17.6 Å². The molecule has 2 N–H and O–H groups in total. The summed E-state index contributed by atoms with van der Waals surface area (Å²) in [5.41, 5.74) is -0.740. The van der Waals surface area contributed by atoms with Crippen molar-refractivity contribution < 1.29 is 24.2 Å². The third-order valence-corrected chi connectivity index (χ3v) is 4.35. The fourth-order valence-electron chi connectivity index (χ4n) is 2.43. The number of hydrogen-bond donors (Lipinski definition) is 2. The molecule has 0 aliphatic heterocycles. The van der Waals surface area contributed by atoms with Gasteiger partial charge in [-0.25, -0.2) is 0 Å². The molecule has 0 aromatic heterocycles. The molecule has 2 amide bonds. The number of ketones is 1. The number of carbonyl (C=O) groups excluding carboxylic acids is 3. The number of aliphatic hydroxyl groups excluding tert-OH is 1. The number of rotatable bonds is 8. The number of unbranched alkanes of at least 4 members (excludes halogenated alkanes) is 1. The maximum atomic E-state index is 12.7. The molecule has 0 bridgehead atoms. The molecule has 0 radical (unpaired) electrons. The van der Waals surface area contributed by atoms with Crippen LogP contribution in [0.4, 0.5) is 0 Å². The summed E-state index contributed by atoms with van der Waals surface area (Å²) in [6.45, 7) is 1.12. The van der Waals surface area contributed by atoms with Crippen LogP contribution in [0.3, 0.4) is 0 Å². The normalized spacial score (nSPS) is 12.3. The van der Waals surface area contributed by atoms with Gasteiger partial charge in [-0.2, -0.15) is 0 Å². The van der Waals surface area contributed by atoms with Crippen LogP contribution in [0, 0.1) is 11.8 Å². The number of Topliss-reactive ketones (excluding diaryl/α,β-unsaturated/α-hetero) is 1. The van der Waals surface area contributed by atoms with Crippen LogP contribution in [0.1, 0.15) is 35.7 Å². The number of benzene rings is 1. The Bertz CT molecular complexity index is 715. The molecule has 0 spiro atoms. The van der Waals surface area contributed by atoms with Gasteiger partial charge in [-0.15, -0.1) is 0 Å². The minimum absolute atomic E-state index is 0.309.